The quantitative estimate of drug-likeness (QED) is 0.926. The molecule has 0 aliphatic heterocycles. The van der Waals surface area contributed by atoms with Crippen LogP contribution in [-0.2, 0) is 6.54 Å². The average Bonchev–Trinajstić information content (AvgIpc) is 2.45. The molecule has 4 heteroatoms. The fraction of sp³-hybridized carbons (Fsp3) is 0.188. The van der Waals surface area contributed by atoms with Gasteiger partial charge in [-0.25, -0.2) is 0 Å². The highest BCUT2D eigenvalue weighted by Gasteiger charge is 2.05. The molecule has 2 aromatic rings. The summed E-state index contributed by atoms with van der Waals surface area (Å²) in [6.07, 6.45) is 0. The van der Waals surface area contributed by atoms with E-state index in [9.17, 15) is 0 Å². The molecule has 0 aromatic heterocycles. The fourth-order valence-corrected chi connectivity index (χ4v) is 2.31. The first-order chi connectivity index (χ1) is 9.61. The van der Waals surface area contributed by atoms with Gasteiger partial charge in [-0.3, -0.25) is 0 Å². The third kappa shape index (κ3) is 3.23. The summed E-state index contributed by atoms with van der Waals surface area (Å²) in [5.41, 5.74) is 3.59. The van der Waals surface area contributed by atoms with Crippen molar-refractivity contribution >= 4 is 23.0 Å². The maximum atomic E-state index is 9.05. The van der Waals surface area contributed by atoms with E-state index >= 15 is 0 Å². The molecule has 0 bridgehead atoms. The maximum absolute atomic E-state index is 9.05. The number of benzene rings is 2. The molecule has 0 amide bonds. The lowest BCUT2D eigenvalue weighted by Crippen LogP contribution is -2.09. The zero-order valence-electron chi connectivity index (χ0n) is 11.5. The highest BCUT2D eigenvalue weighted by molar-refractivity contribution is 6.33. The smallest absolute Gasteiger partial charge is 0.0995 e. The second kappa shape index (κ2) is 6.31. The molecule has 0 aliphatic carbocycles. The van der Waals surface area contributed by atoms with Crippen molar-refractivity contribution in [3.63, 3.8) is 0 Å². The Bertz CT molecular complexity index is 644. The Morgan fingerprint density at radius 2 is 1.95 bits per heavy atom. The minimum Gasteiger partial charge on any atom is -0.381 e. The second-order valence-corrected chi connectivity index (χ2v) is 5.09. The Morgan fingerprint density at radius 3 is 2.60 bits per heavy atom. The summed E-state index contributed by atoms with van der Waals surface area (Å²) in [5.74, 6) is 0. The second-order valence-electron chi connectivity index (χ2n) is 4.68. The number of halogens is 1. The van der Waals surface area contributed by atoms with Crippen LogP contribution in [0.3, 0.4) is 0 Å². The first-order valence-corrected chi connectivity index (χ1v) is 6.68. The van der Waals surface area contributed by atoms with Crippen LogP contribution in [-0.4, -0.2) is 14.1 Å². The van der Waals surface area contributed by atoms with Gasteiger partial charge in [-0.2, -0.15) is 5.26 Å². The van der Waals surface area contributed by atoms with E-state index in [0.29, 0.717) is 17.1 Å². The van der Waals surface area contributed by atoms with Crippen molar-refractivity contribution in [2.45, 2.75) is 6.54 Å². The molecule has 0 saturated carbocycles. The fourth-order valence-electron chi connectivity index (χ4n) is 1.96. The Labute approximate surface area is 124 Å². The first-order valence-electron chi connectivity index (χ1n) is 6.30. The van der Waals surface area contributed by atoms with Crippen molar-refractivity contribution in [3.05, 3.63) is 58.6 Å². The van der Waals surface area contributed by atoms with Crippen LogP contribution >= 0.6 is 11.6 Å². The van der Waals surface area contributed by atoms with Gasteiger partial charge in [0, 0.05) is 26.3 Å². The monoisotopic (exact) mass is 285 g/mol. The van der Waals surface area contributed by atoms with Crippen molar-refractivity contribution in [1.29, 1.82) is 5.26 Å². The normalized spacial score (nSPS) is 9.90. The van der Waals surface area contributed by atoms with E-state index in [0.717, 1.165) is 16.9 Å². The van der Waals surface area contributed by atoms with Gasteiger partial charge in [-0.1, -0.05) is 29.8 Å². The summed E-state index contributed by atoms with van der Waals surface area (Å²) in [6.45, 7) is 0.599. The molecule has 0 atom stereocenters. The lowest BCUT2D eigenvalue weighted by molar-refractivity contribution is 1.12. The van der Waals surface area contributed by atoms with E-state index in [1.165, 1.54) is 0 Å². The zero-order valence-corrected chi connectivity index (χ0v) is 12.3. The lowest BCUT2D eigenvalue weighted by atomic mass is 10.1. The molecule has 0 fully saturated rings. The highest BCUT2D eigenvalue weighted by atomic mass is 35.5. The third-order valence-electron chi connectivity index (χ3n) is 3.05. The molecule has 102 valence electrons. The standard InChI is InChI=1S/C16H16ClN3/c1-20(2)16-8-7-14(9-15(16)17)19-11-13-6-4-3-5-12(13)10-18/h3-9,19H,11H2,1-2H3. The van der Waals surface area contributed by atoms with Crippen LogP contribution < -0.4 is 10.2 Å². The molecule has 0 spiro atoms. The molecule has 20 heavy (non-hydrogen) atoms. The van der Waals surface area contributed by atoms with Crippen molar-refractivity contribution in [2.75, 3.05) is 24.3 Å². The molecular weight excluding hydrogens is 270 g/mol. The number of rotatable bonds is 4. The van der Waals surface area contributed by atoms with E-state index in [1.807, 2.05) is 61.5 Å². The van der Waals surface area contributed by atoms with Crippen molar-refractivity contribution in [1.82, 2.24) is 0 Å². The van der Waals surface area contributed by atoms with Crippen LogP contribution in [0.25, 0.3) is 0 Å². The minimum atomic E-state index is 0.599. The molecule has 0 aliphatic rings. The van der Waals surface area contributed by atoms with Crippen LogP contribution in [0.5, 0.6) is 0 Å². The predicted molar refractivity (Wildman–Crippen MR) is 84.3 cm³/mol. The van der Waals surface area contributed by atoms with Crippen molar-refractivity contribution in [2.24, 2.45) is 0 Å². The summed E-state index contributed by atoms with van der Waals surface area (Å²) in [4.78, 5) is 1.97. The van der Waals surface area contributed by atoms with Gasteiger partial charge < -0.3 is 10.2 Å². The van der Waals surface area contributed by atoms with Gasteiger partial charge in [0.1, 0.15) is 0 Å². The van der Waals surface area contributed by atoms with Gasteiger partial charge >= 0.3 is 0 Å². The minimum absolute atomic E-state index is 0.599. The molecular formula is C16H16ClN3. The Hall–Kier alpha value is -2.18. The number of nitrogens with zero attached hydrogens (tertiary/aromatic N) is 2. The average molecular weight is 286 g/mol. The van der Waals surface area contributed by atoms with Crippen molar-refractivity contribution in [3.8, 4) is 6.07 Å². The molecule has 0 heterocycles. The topological polar surface area (TPSA) is 39.1 Å². The number of nitrogens with one attached hydrogen (secondary N) is 1. The largest absolute Gasteiger partial charge is 0.381 e. The molecule has 0 saturated heterocycles. The van der Waals surface area contributed by atoms with Gasteiger partial charge in [-0.05, 0) is 29.8 Å². The van der Waals surface area contributed by atoms with Gasteiger partial charge in [0.2, 0.25) is 0 Å². The van der Waals surface area contributed by atoms with Gasteiger partial charge in [0.15, 0.2) is 0 Å². The number of hydrogen-bond acceptors (Lipinski definition) is 3. The zero-order chi connectivity index (χ0) is 14.5. The van der Waals surface area contributed by atoms with Crippen LogP contribution in [0, 0.1) is 11.3 Å². The summed E-state index contributed by atoms with van der Waals surface area (Å²) >= 11 is 6.23. The lowest BCUT2D eigenvalue weighted by Gasteiger charge is -2.16. The SMILES string of the molecule is CN(C)c1ccc(NCc2ccccc2C#N)cc1Cl. The van der Waals surface area contributed by atoms with E-state index in [-0.39, 0.29) is 0 Å². The highest BCUT2D eigenvalue weighted by Crippen LogP contribution is 2.27. The molecule has 2 rings (SSSR count). The van der Waals surface area contributed by atoms with E-state index < -0.39 is 0 Å². The number of nitriles is 1. The van der Waals surface area contributed by atoms with Gasteiger partial charge in [0.25, 0.3) is 0 Å². The van der Waals surface area contributed by atoms with E-state index in [2.05, 4.69) is 11.4 Å². The van der Waals surface area contributed by atoms with Crippen molar-refractivity contribution < 1.29 is 0 Å². The molecule has 3 nitrogen and oxygen atoms in total. The molecule has 0 radical (unpaired) electrons. The Morgan fingerprint density at radius 1 is 1.20 bits per heavy atom. The molecule has 2 aromatic carbocycles. The summed E-state index contributed by atoms with van der Waals surface area (Å²) < 4.78 is 0. The molecule has 0 unspecified atom stereocenters. The van der Waals surface area contributed by atoms with Crippen LogP contribution in [0.4, 0.5) is 11.4 Å². The Kier molecular flexibility index (Phi) is 4.49. The Balaban J connectivity index is 2.12. The van der Waals surface area contributed by atoms with Gasteiger partial charge in [0.05, 0.1) is 22.3 Å². The number of hydrogen-bond donors (Lipinski definition) is 1. The maximum Gasteiger partial charge on any atom is 0.0995 e. The summed E-state index contributed by atoms with van der Waals surface area (Å²) in [7, 11) is 3.91. The van der Waals surface area contributed by atoms with Crippen LogP contribution in [0.2, 0.25) is 5.02 Å². The van der Waals surface area contributed by atoms with Crippen LogP contribution in [0.15, 0.2) is 42.5 Å². The number of anilines is 2. The first kappa shape index (κ1) is 14.2. The van der Waals surface area contributed by atoms with E-state index in [4.69, 9.17) is 16.9 Å². The molecule has 1 N–H and O–H groups in total. The van der Waals surface area contributed by atoms with Gasteiger partial charge in [-0.15, -0.1) is 0 Å². The predicted octanol–water partition coefficient (Wildman–Crippen LogP) is 3.89. The summed E-state index contributed by atoms with van der Waals surface area (Å²) in [6, 6.07) is 15.6. The third-order valence-corrected chi connectivity index (χ3v) is 3.35. The summed E-state index contributed by atoms with van der Waals surface area (Å²) in [5, 5.41) is 13.0. The van der Waals surface area contributed by atoms with Crippen LogP contribution in [0.1, 0.15) is 11.1 Å². The van der Waals surface area contributed by atoms with E-state index in [1.54, 1.807) is 0 Å².